The maximum atomic E-state index is 12.2. The van der Waals surface area contributed by atoms with Gasteiger partial charge in [-0.2, -0.15) is 0 Å². The fourth-order valence-electron chi connectivity index (χ4n) is 2.98. The number of furan rings is 1. The first kappa shape index (κ1) is 14.4. The van der Waals surface area contributed by atoms with Crippen LogP contribution in [0.1, 0.15) is 18.6 Å². The molecule has 0 radical (unpaired) electrons. The highest BCUT2D eigenvalue weighted by atomic mass is 16.5. The summed E-state index contributed by atoms with van der Waals surface area (Å²) in [5, 5.41) is 0. The van der Waals surface area contributed by atoms with Gasteiger partial charge in [0.1, 0.15) is 5.76 Å². The zero-order valence-corrected chi connectivity index (χ0v) is 12.2. The van der Waals surface area contributed by atoms with Crippen molar-refractivity contribution in [2.75, 3.05) is 39.4 Å². The van der Waals surface area contributed by atoms with Crippen LogP contribution in [0.4, 0.5) is 0 Å². The summed E-state index contributed by atoms with van der Waals surface area (Å²) in [6.45, 7) is 5.32. The lowest BCUT2D eigenvalue weighted by atomic mass is 10.2. The van der Waals surface area contributed by atoms with Crippen LogP contribution in [0.15, 0.2) is 28.9 Å². The molecular formula is C16H22N2O3. The minimum Gasteiger partial charge on any atom is -0.465 e. The number of hydrogen-bond acceptors (Lipinski definition) is 4. The second-order valence-corrected chi connectivity index (χ2v) is 5.58. The molecule has 5 heteroatoms. The Morgan fingerprint density at radius 1 is 1.29 bits per heavy atom. The van der Waals surface area contributed by atoms with Crippen LogP contribution in [0.25, 0.3) is 6.08 Å². The van der Waals surface area contributed by atoms with E-state index in [-0.39, 0.29) is 5.91 Å². The van der Waals surface area contributed by atoms with E-state index in [1.54, 1.807) is 18.4 Å². The third-order valence-corrected chi connectivity index (χ3v) is 4.20. The molecule has 1 unspecified atom stereocenters. The van der Waals surface area contributed by atoms with Gasteiger partial charge in [0, 0.05) is 44.9 Å². The second-order valence-electron chi connectivity index (χ2n) is 5.58. The average Bonchev–Trinajstić information content (AvgIpc) is 3.15. The molecule has 1 aromatic rings. The molecule has 21 heavy (non-hydrogen) atoms. The third kappa shape index (κ3) is 3.74. The number of amides is 1. The Kier molecular flexibility index (Phi) is 4.72. The molecule has 0 aliphatic carbocycles. The molecule has 0 N–H and O–H groups in total. The first-order valence-corrected chi connectivity index (χ1v) is 7.65. The van der Waals surface area contributed by atoms with Gasteiger partial charge in [0.2, 0.25) is 5.91 Å². The van der Waals surface area contributed by atoms with Crippen molar-refractivity contribution in [3.63, 3.8) is 0 Å². The molecule has 114 valence electrons. The fourth-order valence-corrected chi connectivity index (χ4v) is 2.98. The van der Waals surface area contributed by atoms with E-state index in [1.807, 2.05) is 17.0 Å². The summed E-state index contributed by atoms with van der Waals surface area (Å²) < 4.78 is 10.7. The molecule has 1 amide bonds. The smallest absolute Gasteiger partial charge is 0.246 e. The number of carbonyl (C=O) groups excluding carboxylic acids is 1. The maximum absolute atomic E-state index is 12.2. The van der Waals surface area contributed by atoms with Crippen LogP contribution in [0, 0.1) is 0 Å². The number of hydrogen-bond donors (Lipinski definition) is 0. The monoisotopic (exact) mass is 290 g/mol. The minimum absolute atomic E-state index is 0.0657. The van der Waals surface area contributed by atoms with Crippen molar-refractivity contribution in [3.8, 4) is 0 Å². The maximum Gasteiger partial charge on any atom is 0.246 e. The fraction of sp³-hybridized carbons (Fsp3) is 0.562. The summed E-state index contributed by atoms with van der Waals surface area (Å²) in [4.78, 5) is 16.6. The molecule has 0 bridgehead atoms. The van der Waals surface area contributed by atoms with E-state index in [0.29, 0.717) is 11.8 Å². The van der Waals surface area contributed by atoms with Gasteiger partial charge >= 0.3 is 0 Å². The zero-order valence-electron chi connectivity index (χ0n) is 12.2. The van der Waals surface area contributed by atoms with E-state index in [4.69, 9.17) is 9.15 Å². The van der Waals surface area contributed by atoms with E-state index in [2.05, 4.69) is 4.90 Å². The quantitative estimate of drug-likeness (QED) is 0.794. The number of ether oxygens (including phenoxy) is 1. The number of nitrogens with zero attached hydrogens (tertiary/aromatic N) is 2. The molecular weight excluding hydrogens is 268 g/mol. The molecule has 1 aromatic heterocycles. The molecule has 0 spiro atoms. The highest BCUT2D eigenvalue weighted by molar-refractivity contribution is 5.91. The molecule has 0 aromatic carbocycles. The van der Waals surface area contributed by atoms with Crippen LogP contribution in [-0.4, -0.2) is 61.1 Å². The lowest BCUT2D eigenvalue weighted by molar-refractivity contribution is -0.125. The summed E-state index contributed by atoms with van der Waals surface area (Å²) in [5.74, 6) is 0.777. The highest BCUT2D eigenvalue weighted by Crippen LogP contribution is 2.15. The molecule has 2 aliphatic rings. The van der Waals surface area contributed by atoms with Gasteiger partial charge in [-0.15, -0.1) is 0 Å². The predicted octanol–water partition coefficient (Wildman–Crippen LogP) is 1.62. The molecule has 3 heterocycles. The SMILES string of the molecule is O=C(/C=C/c1ccco1)N1CCCN(C2CCOC2)CC1. The molecule has 3 rings (SSSR count). The Morgan fingerprint density at radius 2 is 2.24 bits per heavy atom. The van der Waals surface area contributed by atoms with E-state index < -0.39 is 0 Å². The van der Waals surface area contributed by atoms with E-state index in [1.165, 1.54) is 0 Å². The van der Waals surface area contributed by atoms with Gasteiger partial charge in [-0.1, -0.05) is 0 Å². The Bertz CT molecular complexity index is 478. The molecule has 5 nitrogen and oxygen atoms in total. The average molecular weight is 290 g/mol. The van der Waals surface area contributed by atoms with Gasteiger partial charge in [0.15, 0.2) is 0 Å². The van der Waals surface area contributed by atoms with Gasteiger partial charge in [-0.3, -0.25) is 9.69 Å². The summed E-state index contributed by atoms with van der Waals surface area (Å²) in [6, 6.07) is 4.20. The van der Waals surface area contributed by atoms with Gasteiger partial charge < -0.3 is 14.1 Å². The van der Waals surface area contributed by atoms with E-state index in [0.717, 1.165) is 52.2 Å². The van der Waals surface area contributed by atoms with Crippen LogP contribution >= 0.6 is 0 Å². The Hall–Kier alpha value is -1.59. The number of carbonyl (C=O) groups is 1. The Labute approximate surface area is 125 Å². The zero-order chi connectivity index (χ0) is 14.5. The molecule has 1 atom stereocenters. The second kappa shape index (κ2) is 6.91. The molecule has 2 fully saturated rings. The predicted molar refractivity (Wildman–Crippen MR) is 79.7 cm³/mol. The van der Waals surface area contributed by atoms with Gasteiger partial charge in [0.25, 0.3) is 0 Å². The van der Waals surface area contributed by atoms with Gasteiger partial charge in [-0.25, -0.2) is 0 Å². The van der Waals surface area contributed by atoms with Crippen molar-refractivity contribution < 1.29 is 13.9 Å². The summed E-state index contributed by atoms with van der Waals surface area (Å²) >= 11 is 0. The summed E-state index contributed by atoms with van der Waals surface area (Å²) in [5.41, 5.74) is 0. The molecule has 2 saturated heterocycles. The third-order valence-electron chi connectivity index (χ3n) is 4.20. The Balaban J connectivity index is 1.53. The highest BCUT2D eigenvalue weighted by Gasteiger charge is 2.26. The van der Waals surface area contributed by atoms with E-state index >= 15 is 0 Å². The first-order valence-electron chi connectivity index (χ1n) is 7.65. The van der Waals surface area contributed by atoms with Gasteiger partial charge in [0.05, 0.1) is 12.9 Å². The van der Waals surface area contributed by atoms with Crippen LogP contribution in [0.5, 0.6) is 0 Å². The van der Waals surface area contributed by atoms with Crippen molar-refractivity contribution in [2.45, 2.75) is 18.9 Å². The standard InChI is InChI=1S/C16H22N2O3/c19-16(5-4-15-3-1-11-21-15)18-8-2-7-17(9-10-18)14-6-12-20-13-14/h1,3-5,11,14H,2,6-10,12-13H2/b5-4+. The van der Waals surface area contributed by atoms with Gasteiger partial charge in [-0.05, 0) is 31.1 Å². The van der Waals surface area contributed by atoms with Crippen molar-refractivity contribution in [3.05, 3.63) is 30.2 Å². The largest absolute Gasteiger partial charge is 0.465 e. The van der Waals surface area contributed by atoms with Crippen LogP contribution in [0.2, 0.25) is 0 Å². The van der Waals surface area contributed by atoms with Crippen molar-refractivity contribution in [1.29, 1.82) is 0 Å². The van der Waals surface area contributed by atoms with Crippen molar-refractivity contribution in [1.82, 2.24) is 9.80 Å². The van der Waals surface area contributed by atoms with Crippen LogP contribution < -0.4 is 0 Å². The van der Waals surface area contributed by atoms with Crippen LogP contribution in [-0.2, 0) is 9.53 Å². The Morgan fingerprint density at radius 3 is 3.00 bits per heavy atom. The first-order chi connectivity index (χ1) is 10.3. The molecule has 0 saturated carbocycles. The lowest BCUT2D eigenvalue weighted by Crippen LogP contribution is -2.39. The lowest BCUT2D eigenvalue weighted by Gasteiger charge is -2.26. The normalized spacial score (nSPS) is 24.6. The topological polar surface area (TPSA) is 45.9 Å². The van der Waals surface area contributed by atoms with Crippen molar-refractivity contribution in [2.24, 2.45) is 0 Å². The molecule has 2 aliphatic heterocycles. The van der Waals surface area contributed by atoms with E-state index in [9.17, 15) is 4.79 Å². The summed E-state index contributed by atoms with van der Waals surface area (Å²) in [7, 11) is 0. The minimum atomic E-state index is 0.0657. The van der Waals surface area contributed by atoms with Crippen molar-refractivity contribution >= 4 is 12.0 Å². The van der Waals surface area contributed by atoms with Crippen LogP contribution in [0.3, 0.4) is 0 Å². The summed E-state index contributed by atoms with van der Waals surface area (Å²) in [6.07, 6.45) is 7.09. The number of rotatable bonds is 3.